The summed E-state index contributed by atoms with van der Waals surface area (Å²) in [6.45, 7) is 1.32. The fourth-order valence-electron chi connectivity index (χ4n) is 2.10. The Morgan fingerprint density at radius 1 is 0.966 bits per heavy atom. The summed E-state index contributed by atoms with van der Waals surface area (Å²) in [5.41, 5.74) is 5.53. The Morgan fingerprint density at radius 2 is 1.62 bits per heavy atom. The first-order chi connectivity index (χ1) is 13.9. The van der Waals surface area contributed by atoms with Crippen molar-refractivity contribution >= 4 is 40.7 Å². The lowest BCUT2D eigenvalue weighted by Crippen LogP contribution is -2.50. The Balaban J connectivity index is 1.66. The van der Waals surface area contributed by atoms with E-state index in [4.69, 9.17) is 38.0 Å². The highest BCUT2D eigenvalue weighted by atomic mass is 35.5. The molecular formula is C19H20ClN3O5S. The zero-order chi connectivity index (χ0) is 21.2. The van der Waals surface area contributed by atoms with E-state index < -0.39 is 11.8 Å². The molecule has 0 heterocycles. The second kappa shape index (κ2) is 11.1. The molecule has 10 heteroatoms. The highest BCUT2D eigenvalue weighted by molar-refractivity contribution is 7.80. The van der Waals surface area contributed by atoms with Gasteiger partial charge in [0, 0.05) is 5.02 Å². The van der Waals surface area contributed by atoms with Gasteiger partial charge in [-0.3, -0.25) is 25.8 Å². The summed E-state index contributed by atoms with van der Waals surface area (Å²) >= 11 is 10.8. The average molecular weight is 438 g/mol. The minimum Gasteiger partial charge on any atom is -0.497 e. The molecule has 2 aromatic rings. The monoisotopic (exact) mass is 437 g/mol. The van der Waals surface area contributed by atoms with Crippen molar-refractivity contribution in [1.82, 2.24) is 16.2 Å². The Labute approximate surface area is 178 Å². The second-order valence-electron chi connectivity index (χ2n) is 5.71. The predicted octanol–water partition coefficient (Wildman–Crippen LogP) is 2.14. The molecular weight excluding hydrogens is 418 g/mol. The van der Waals surface area contributed by atoms with Crippen molar-refractivity contribution in [3.05, 3.63) is 53.1 Å². The lowest BCUT2D eigenvalue weighted by atomic mass is 10.2. The van der Waals surface area contributed by atoms with Crippen molar-refractivity contribution in [3.63, 3.8) is 0 Å². The minimum atomic E-state index is -0.486. The van der Waals surface area contributed by atoms with Crippen molar-refractivity contribution in [1.29, 1.82) is 0 Å². The fourth-order valence-corrected chi connectivity index (χ4v) is 2.49. The first-order valence-corrected chi connectivity index (χ1v) is 9.20. The topological polar surface area (TPSA) is 97.9 Å². The lowest BCUT2D eigenvalue weighted by Gasteiger charge is -2.12. The SMILES string of the molecule is COc1ccc(OCC(=O)NNC(=S)NC(=O)COc2ccc(Cl)cc2C)cc1. The average Bonchev–Trinajstić information content (AvgIpc) is 2.70. The van der Waals surface area contributed by atoms with Crippen LogP contribution in [0.15, 0.2) is 42.5 Å². The Morgan fingerprint density at radius 3 is 2.28 bits per heavy atom. The molecule has 0 saturated carbocycles. The molecule has 3 N–H and O–H groups in total. The number of amides is 2. The van der Waals surface area contributed by atoms with E-state index in [-0.39, 0.29) is 18.3 Å². The molecule has 0 spiro atoms. The third kappa shape index (κ3) is 7.84. The van der Waals surface area contributed by atoms with Gasteiger partial charge in [0.05, 0.1) is 7.11 Å². The van der Waals surface area contributed by atoms with Crippen LogP contribution in [-0.4, -0.2) is 37.3 Å². The van der Waals surface area contributed by atoms with Gasteiger partial charge in [-0.15, -0.1) is 0 Å². The number of benzene rings is 2. The van der Waals surface area contributed by atoms with Gasteiger partial charge in [0.1, 0.15) is 17.2 Å². The highest BCUT2D eigenvalue weighted by Crippen LogP contribution is 2.21. The van der Waals surface area contributed by atoms with Crippen LogP contribution >= 0.6 is 23.8 Å². The first kappa shape index (κ1) is 22.3. The number of thiocarbonyl (C=S) groups is 1. The number of nitrogens with one attached hydrogen (secondary N) is 3. The van der Waals surface area contributed by atoms with E-state index in [9.17, 15) is 9.59 Å². The molecule has 29 heavy (non-hydrogen) atoms. The second-order valence-corrected chi connectivity index (χ2v) is 6.56. The minimum absolute atomic E-state index is 0.0794. The zero-order valence-corrected chi connectivity index (χ0v) is 17.4. The largest absolute Gasteiger partial charge is 0.497 e. The quantitative estimate of drug-likeness (QED) is 0.451. The van der Waals surface area contributed by atoms with Crippen LogP contribution in [0, 0.1) is 6.92 Å². The van der Waals surface area contributed by atoms with Crippen LogP contribution in [-0.2, 0) is 9.59 Å². The number of carbonyl (C=O) groups excluding carboxylic acids is 2. The van der Waals surface area contributed by atoms with Gasteiger partial charge in [0.15, 0.2) is 18.3 Å². The standard InChI is InChI=1S/C19H20ClN3O5S/c1-12-9-13(20)3-8-16(12)28-10-17(24)21-19(29)23-22-18(25)11-27-15-6-4-14(26-2)5-7-15/h3-9H,10-11H2,1-2H3,(H,22,25)(H2,21,23,24,29). The number of methoxy groups -OCH3 is 1. The maximum atomic E-state index is 11.9. The molecule has 154 valence electrons. The van der Waals surface area contributed by atoms with Gasteiger partial charge in [0.2, 0.25) is 0 Å². The molecule has 0 saturated heterocycles. The van der Waals surface area contributed by atoms with Gasteiger partial charge < -0.3 is 14.2 Å². The summed E-state index contributed by atoms with van der Waals surface area (Å²) in [7, 11) is 1.56. The number of hydrogen-bond acceptors (Lipinski definition) is 6. The Bertz CT molecular complexity index is 877. The van der Waals surface area contributed by atoms with E-state index in [1.165, 1.54) is 0 Å². The van der Waals surface area contributed by atoms with Crippen LogP contribution in [0.3, 0.4) is 0 Å². The van der Waals surface area contributed by atoms with E-state index in [0.29, 0.717) is 22.3 Å². The van der Waals surface area contributed by atoms with Crippen molar-refractivity contribution in [2.24, 2.45) is 0 Å². The third-order valence-corrected chi connectivity index (χ3v) is 3.93. The molecule has 2 aromatic carbocycles. The normalized spacial score (nSPS) is 9.90. The van der Waals surface area contributed by atoms with Gasteiger partial charge in [-0.2, -0.15) is 0 Å². The Hall–Kier alpha value is -3.04. The summed E-state index contributed by atoms with van der Waals surface area (Å²) < 4.78 is 15.8. The first-order valence-electron chi connectivity index (χ1n) is 8.42. The zero-order valence-electron chi connectivity index (χ0n) is 15.8. The molecule has 0 unspecified atom stereocenters. The maximum Gasteiger partial charge on any atom is 0.276 e. The molecule has 0 aliphatic heterocycles. The van der Waals surface area contributed by atoms with Crippen LogP contribution in [0.25, 0.3) is 0 Å². The van der Waals surface area contributed by atoms with Gasteiger partial charge in [-0.1, -0.05) is 11.6 Å². The number of aryl methyl sites for hydroxylation is 1. The summed E-state index contributed by atoms with van der Waals surface area (Å²) in [5, 5.41) is 2.88. The van der Waals surface area contributed by atoms with Crippen LogP contribution in [0.4, 0.5) is 0 Å². The van der Waals surface area contributed by atoms with E-state index in [0.717, 1.165) is 5.56 Å². The van der Waals surface area contributed by atoms with E-state index in [1.807, 2.05) is 6.92 Å². The maximum absolute atomic E-state index is 11.9. The highest BCUT2D eigenvalue weighted by Gasteiger charge is 2.09. The van der Waals surface area contributed by atoms with Crippen molar-refractivity contribution in [3.8, 4) is 17.2 Å². The van der Waals surface area contributed by atoms with E-state index >= 15 is 0 Å². The molecule has 0 aromatic heterocycles. The predicted molar refractivity (Wildman–Crippen MR) is 112 cm³/mol. The molecule has 0 aliphatic rings. The van der Waals surface area contributed by atoms with Crippen LogP contribution in [0.1, 0.15) is 5.56 Å². The van der Waals surface area contributed by atoms with Gasteiger partial charge in [-0.25, -0.2) is 0 Å². The third-order valence-electron chi connectivity index (χ3n) is 3.49. The van der Waals surface area contributed by atoms with Crippen molar-refractivity contribution in [2.45, 2.75) is 6.92 Å². The summed E-state index contributed by atoms with van der Waals surface area (Å²) in [6, 6.07) is 11.8. The molecule has 0 radical (unpaired) electrons. The number of rotatable bonds is 7. The number of hydrogen-bond donors (Lipinski definition) is 3. The van der Waals surface area contributed by atoms with Gasteiger partial charge in [0.25, 0.3) is 11.8 Å². The molecule has 0 atom stereocenters. The number of hydrazine groups is 1. The number of carbonyl (C=O) groups is 2. The van der Waals surface area contributed by atoms with E-state index in [1.54, 1.807) is 49.6 Å². The van der Waals surface area contributed by atoms with Gasteiger partial charge >= 0.3 is 0 Å². The van der Waals surface area contributed by atoms with Crippen molar-refractivity contribution < 1.29 is 23.8 Å². The summed E-state index contributed by atoms with van der Waals surface area (Å²) in [6.07, 6.45) is 0. The van der Waals surface area contributed by atoms with Gasteiger partial charge in [-0.05, 0) is 67.2 Å². The van der Waals surface area contributed by atoms with Crippen LogP contribution < -0.4 is 30.4 Å². The molecule has 2 rings (SSSR count). The van der Waals surface area contributed by atoms with Crippen LogP contribution in [0.5, 0.6) is 17.2 Å². The Kier molecular flexibility index (Phi) is 8.50. The van der Waals surface area contributed by atoms with E-state index in [2.05, 4.69) is 16.2 Å². The fraction of sp³-hybridized carbons (Fsp3) is 0.211. The molecule has 2 amide bonds. The van der Waals surface area contributed by atoms with Crippen LogP contribution in [0.2, 0.25) is 5.02 Å². The number of halogens is 1. The van der Waals surface area contributed by atoms with Crippen molar-refractivity contribution in [2.75, 3.05) is 20.3 Å². The molecule has 8 nitrogen and oxygen atoms in total. The smallest absolute Gasteiger partial charge is 0.276 e. The molecule has 0 bridgehead atoms. The summed E-state index contributed by atoms with van der Waals surface area (Å²) in [4.78, 5) is 23.6. The lowest BCUT2D eigenvalue weighted by molar-refractivity contribution is -0.124. The summed E-state index contributed by atoms with van der Waals surface area (Å²) in [5.74, 6) is 0.754. The number of ether oxygens (including phenoxy) is 3. The molecule has 0 fully saturated rings. The molecule has 0 aliphatic carbocycles.